The minimum absolute atomic E-state index is 0.0352. The molecule has 3 nitrogen and oxygen atoms in total. The summed E-state index contributed by atoms with van der Waals surface area (Å²) in [5.41, 5.74) is 20.2. The Bertz CT molecular complexity index is 3120. The number of pyridine rings is 1. The van der Waals surface area contributed by atoms with E-state index in [4.69, 9.17) is 4.98 Å². The van der Waals surface area contributed by atoms with Crippen LogP contribution in [0.25, 0.3) is 83.8 Å². The molecule has 0 bridgehead atoms. The summed E-state index contributed by atoms with van der Waals surface area (Å²) < 4.78 is 0. The third-order valence-electron chi connectivity index (χ3n) is 12.6. The third-order valence-corrected chi connectivity index (χ3v) is 12.6. The summed E-state index contributed by atoms with van der Waals surface area (Å²) in [5, 5.41) is 7.71. The standard InChI is InChI=1S/C63H47N3/c1-7-19-44(20-8-1)45-35-41-55(42-36-45)63-64-56(48-21-9-2-10-22-48)43-57(65-63)49-37-31-46(32-38-49)47-33-39-52(40-34-47)58-59(50-23-11-3-12-24-50)61(53-27-15-5-16-28-53)66-62(54-29-17-6-18-30-54)60(58)51-25-13-4-14-26-51/h1-43,56,63-65H. The lowest BCUT2D eigenvalue weighted by atomic mass is 9.83. The van der Waals surface area contributed by atoms with Gasteiger partial charge in [0.15, 0.2) is 0 Å². The number of benzene rings is 9. The third kappa shape index (κ3) is 8.28. The van der Waals surface area contributed by atoms with Gasteiger partial charge in [0, 0.05) is 33.5 Å². The van der Waals surface area contributed by atoms with Crippen molar-refractivity contribution >= 4 is 5.70 Å². The summed E-state index contributed by atoms with van der Waals surface area (Å²) in [6, 6.07) is 90.9. The molecule has 0 spiro atoms. The van der Waals surface area contributed by atoms with Gasteiger partial charge in [0.05, 0.1) is 17.4 Å². The van der Waals surface area contributed by atoms with Crippen LogP contribution in [0.3, 0.4) is 0 Å². The van der Waals surface area contributed by atoms with E-state index in [1.54, 1.807) is 0 Å². The normalized spacial score (nSPS) is 14.5. The topological polar surface area (TPSA) is 37.0 Å². The fourth-order valence-electron chi connectivity index (χ4n) is 9.28. The Labute approximate surface area is 387 Å². The summed E-state index contributed by atoms with van der Waals surface area (Å²) in [4.78, 5) is 5.61. The Morgan fingerprint density at radius 2 is 0.606 bits per heavy atom. The van der Waals surface area contributed by atoms with Crippen molar-refractivity contribution in [2.75, 3.05) is 0 Å². The van der Waals surface area contributed by atoms with E-state index >= 15 is 0 Å². The molecule has 0 amide bonds. The minimum atomic E-state index is -0.0770. The molecular formula is C63H47N3. The van der Waals surface area contributed by atoms with E-state index in [0.717, 1.165) is 78.3 Å². The maximum absolute atomic E-state index is 5.61. The molecule has 0 radical (unpaired) electrons. The molecule has 10 aromatic rings. The van der Waals surface area contributed by atoms with Crippen molar-refractivity contribution in [3.05, 3.63) is 278 Å². The maximum atomic E-state index is 5.61. The highest BCUT2D eigenvalue weighted by atomic mass is 15.2. The average molecular weight is 846 g/mol. The van der Waals surface area contributed by atoms with E-state index in [0.29, 0.717) is 0 Å². The van der Waals surface area contributed by atoms with Crippen molar-refractivity contribution in [3.8, 4) is 78.1 Å². The highest BCUT2D eigenvalue weighted by molar-refractivity contribution is 6.05. The van der Waals surface area contributed by atoms with Crippen molar-refractivity contribution in [1.29, 1.82) is 0 Å². The van der Waals surface area contributed by atoms with Gasteiger partial charge in [-0.25, -0.2) is 4.98 Å². The summed E-state index contributed by atoms with van der Waals surface area (Å²) in [6.07, 6.45) is 2.23. The molecule has 2 unspecified atom stereocenters. The molecule has 1 aromatic heterocycles. The molecule has 2 atom stereocenters. The van der Waals surface area contributed by atoms with Crippen LogP contribution in [-0.4, -0.2) is 4.98 Å². The number of aromatic nitrogens is 1. The predicted molar refractivity (Wildman–Crippen MR) is 275 cm³/mol. The molecule has 3 heteroatoms. The molecule has 2 N–H and O–H groups in total. The van der Waals surface area contributed by atoms with Gasteiger partial charge < -0.3 is 5.32 Å². The highest BCUT2D eigenvalue weighted by Gasteiger charge is 2.26. The van der Waals surface area contributed by atoms with Crippen LogP contribution < -0.4 is 10.6 Å². The Morgan fingerprint density at radius 1 is 0.273 bits per heavy atom. The van der Waals surface area contributed by atoms with Crippen LogP contribution in [0.5, 0.6) is 0 Å². The molecule has 0 fully saturated rings. The lowest BCUT2D eigenvalue weighted by Crippen LogP contribution is -2.39. The summed E-state index contributed by atoms with van der Waals surface area (Å²) in [6.45, 7) is 0. The molecule has 0 saturated heterocycles. The molecule has 11 rings (SSSR count). The van der Waals surface area contributed by atoms with Gasteiger partial charge in [-0.1, -0.05) is 255 Å². The van der Waals surface area contributed by atoms with Crippen LogP contribution in [-0.2, 0) is 0 Å². The second-order valence-corrected chi connectivity index (χ2v) is 16.8. The summed E-state index contributed by atoms with van der Waals surface area (Å²) in [5.74, 6) is 0. The molecule has 9 aromatic carbocycles. The smallest absolute Gasteiger partial charge is 0.104 e. The van der Waals surface area contributed by atoms with E-state index in [-0.39, 0.29) is 12.2 Å². The van der Waals surface area contributed by atoms with Crippen LogP contribution in [0.2, 0.25) is 0 Å². The Morgan fingerprint density at radius 3 is 1.06 bits per heavy atom. The predicted octanol–water partition coefficient (Wildman–Crippen LogP) is 15.7. The highest BCUT2D eigenvalue weighted by Crippen LogP contribution is 2.49. The van der Waals surface area contributed by atoms with E-state index < -0.39 is 0 Å². The van der Waals surface area contributed by atoms with Gasteiger partial charge in [-0.3, -0.25) is 5.32 Å². The van der Waals surface area contributed by atoms with Crippen molar-refractivity contribution in [3.63, 3.8) is 0 Å². The van der Waals surface area contributed by atoms with E-state index in [2.05, 4.69) is 271 Å². The van der Waals surface area contributed by atoms with Gasteiger partial charge in [0.25, 0.3) is 0 Å². The van der Waals surface area contributed by atoms with E-state index in [1.807, 2.05) is 0 Å². The van der Waals surface area contributed by atoms with Crippen molar-refractivity contribution in [1.82, 2.24) is 15.6 Å². The molecular weight excluding hydrogens is 799 g/mol. The lowest BCUT2D eigenvalue weighted by Gasteiger charge is -2.33. The zero-order valence-corrected chi connectivity index (χ0v) is 36.4. The molecule has 0 aliphatic carbocycles. The van der Waals surface area contributed by atoms with Gasteiger partial charge in [-0.05, 0) is 61.7 Å². The Hall–Kier alpha value is -8.37. The van der Waals surface area contributed by atoms with E-state index in [1.165, 1.54) is 22.3 Å². The van der Waals surface area contributed by atoms with Crippen LogP contribution in [0.4, 0.5) is 0 Å². The molecule has 314 valence electrons. The van der Waals surface area contributed by atoms with E-state index in [9.17, 15) is 0 Å². The first kappa shape index (κ1) is 40.4. The number of rotatable bonds is 10. The van der Waals surface area contributed by atoms with Gasteiger partial charge in [0.2, 0.25) is 0 Å². The summed E-state index contributed by atoms with van der Waals surface area (Å²) in [7, 11) is 0. The quantitative estimate of drug-likeness (QED) is 0.144. The van der Waals surface area contributed by atoms with Crippen LogP contribution in [0.1, 0.15) is 28.9 Å². The first-order valence-corrected chi connectivity index (χ1v) is 22.7. The molecule has 0 saturated carbocycles. The Balaban J connectivity index is 0.978. The number of hydrogen-bond donors (Lipinski definition) is 2. The monoisotopic (exact) mass is 845 g/mol. The van der Waals surface area contributed by atoms with Crippen molar-refractivity contribution in [2.24, 2.45) is 0 Å². The summed E-state index contributed by atoms with van der Waals surface area (Å²) >= 11 is 0. The zero-order chi connectivity index (χ0) is 44.1. The second-order valence-electron chi connectivity index (χ2n) is 16.8. The molecule has 66 heavy (non-hydrogen) atoms. The van der Waals surface area contributed by atoms with Crippen LogP contribution >= 0.6 is 0 Å². The SMILES string of the molecule is C1=C(c2ccc(-c3ccc(-c4c(-c5ccccc5)c(-c5ccccc5)nc(-c5ccccc5)c4-c4ccccc4)cc3)cc2)NC(c2ccc(-c3ccccc3)cc2)NC1c1ccccc1. The van der Waals surface area contributed by atoms with Crippen LogP contribution in [0.15, 0.2) is 261 Å². The van der Waals surface area contributed by atoms with Gasteiger partial charge in [-0.2, -0.15) is 0 Å². The minimum Gasteiger partial charge on any atom is -0.366 e. The first-order chi connectivity index (χ1) is 32.7. The van der Waals surface area contributed by atoms with Gasteiger partial charge >= 0.3 is 0 Å². The maximum Gasteiger partial charge on any atom is 0.104 e. The Kier molecular flexibility index (Phi) is 11.3. The number of hydrogen-bond acceptors (Lipinski definition) is 3. The van der Waals surface area contributed by atoms with Crippen molar-refractivity contribution < 1.29 is 0 Å². The molecule has 1 aliphatic heterocycles. The molecule has 2 heterocycles. The second kappa shape index (κ2) is 18.4. The fraction of sp³-hybridized carbons (Fsp3) is 0.0317. The number of nitrogens with zero attached hydrogens (tertiary/aromatic N) is 1. The number of nitrogens with one attached hydrogen (secondary N) is 2. The average Bonchev–Trinajstić information content (AvgIpc) is 3.42. The van der Waals surface area contributed by atoms with Gasteiger partial charge in [0.1, 0.15) is 6.17 Å². The van der Waals surface area contributed by atoms with Crippen LogP contribution in [0, 0.1) is 0 Å². The lowest BCUT2D eigenvalue weighted by molar-refractivity contribution is 0.443. The zero-order valence-electron chi connectivity index (χ0n) is 36.4. The fourth-order valence-corrected chi connectivity index (χ4v) is 9.28. The molecule has 1 aliphatic rings. The van der Waals surface area contributed by atoms with Crippen molar-refractivity contribution in [2.45, 2.75) is 12.2 Å². The largest absolute Gasteiger partial charge is 0.366 e. The first-order valence-electron chi connectivity index (χ1n) is 22.7. The van der Waals surface area contributed by atoms with Gasteiger partial charge in [-0.15, -0.1) is 0 Å².